The van der Waals surface area contributed by atoms with Crippen LogP contribution in [0, 0.1) is 18.8 Å². The van der Waals surface area contributed by atoms with Crippen molar-refractivity contribution < 1.29 is 14.3 Å². The van der Waals surface area contributed by atoms with Gasteiger partial charge in [0.25, 0.3) is 5.91 Å². The van der Waals surface area contributed by atoms with Gasteiger partial charge in [0.2, 0.25) is 0 Å². The number of halogens is 1. The van der Waals surface area contributed by atoms with E-state index in [1.165, 1.54) is 0 Å². The summed E-state index contributed by atoms with van der Waals surface area (Å²) in [5.41, 5.74) is 3.31. The number of amides is 1. The van der Waals surface area contributed by atoms with Crippen molar-refractivity contribution in [3.8, 4) is 11.8 Å². The molecule has 0 saturated carbocycles. The van der Waals surface area contributed by atoms with Crippen LogP contribution in [0.4, 0.5) is 4.39 Å². The second kappa shape index (κ2) is 8.67. The van der Waals surface area contributed by atoms with E-state index in [1.807, 2.05) is 30.3 Å². The number of aryl methyl sites for hydroxylation is 1. The molecule has 0 radical (unpaired) electrons. The Hall–Kier alpha value is -3.96. The number of benzene rings is 1. The number of nitrogens with zero attached hydrogens (tertiary/aromatic N) is 3. The van der Waals surface area contributed by atoms with Crippen LogP contribution < -0.4 is 5.32 Å². The standard InChI is InChI=1S/C27H26FN5O2/c1-16-10-17(8-9-27(2,3)35)11-22(30-16)26(34)32-24(21-12-18-6-4-5-7-20(18)31-21)25-23-13-19(28)14-33(23)15-29-25/h4-7,10-12,15,19,24,31,35H,13-14H2,1-3H3,(H,32,34)/t19-,24?/m1/s1. The fourth-order valence-corrected chi connectivity index (χ4v) is 4.36. The van der Waals surface area contributed by atoms with Crippen molar-refractivity contribution in [3.05, 3.63) is 82.8 Å². The first kappa shape index (κ1) is 22.8. The third-order valence-electron chi connectivity index (χ3n) is 5.90. The maximum atomic E-state index is 14.2. The van der Waals surface area contributed by atoms with E-state index >= 15 is 0 Å². The highest BCUT2D eigenvalue weighted by molar-refractivity contribution is 5.93. The first-order valence-corrected chi connectivity index (χ1v) is 11.5. The third kappa shape index (κ3) is 4.81. The predicted octanol–water partition coefficient (Wildman–Crippen LogP) is 3.60. The van der Waals surface area contributed by atoms with E-state index in [2.05, 4.69) is 32.1 Å². The zero-order chi connectivity index (χ0) is 24.7. The number of H-pyrrole nitrogens is 1. The van der Waals surface area contributed by atoms with Crippen LogP contribution in [0.3, 0.4) is 0 Å². The summed E-state index contributed by atoms with van der Waals surface area (Å²) in [5.74, 6) is 5.26. The lowest BCUT2D eigenvalue weighted by Crippen LogP contribution is -2.31. The number of hydrogen-bond donors (Lipinski definition) is 3. The van der Waals surface area contributed by atoms with Gasteiger partial charge in [-0.05, 0) is 50.4 Å². The summed E-state index contributed by atoms with van der Waals surface area (Å²) < 4.78 is 16.0. The second-order valence-corrected chi connectivity index (χ2v) is 9.44. The number of nitrogens with one attached hydrogen (secondary N) is 2. The van der Waals surface area contributed by atoms with Gasteiger partial charge >= 0.3 is 0 Å². The molecule has 7 nitrogen and oxygen atoms in total. The molecule has 1 unspecified atom stereocenters. The minimum atomic E-state index is -1.16. The molecular formula is C27H26FN5O2. The Balaban J connectivity index is 1.53. The number of carbonyl (C=O) groups excluding carboxylic acids is 1. The number of carbonyl (C=O) groups is 1. The summed E-state index contributed by atoms with van der Waals surface area (Å²) in [5, 5.41) is 14.0. The predicted molar refractivity (Wildman–Crippen MR) is 131 cm³/mol. The Morgan fingerprint density at radius 1 is 1.31 bits per heavy atom. The molecule has 8 heteroatoms. The minimum absolute atomic E-state index is 0.199. The van der Waals surface area contributed by atoms with E-state index in [1.54, 1.807) is 43.8 Å². The monoisotopic (exact) mass is 471 g/mol. The molecule has 1 aromatic carbocycles. The van der Waals surface area contributed by atoms with E-state index in [0.29, 0.717) is 17.0 Å². The number of hydrogen-bond acceptors (Lipinski definition) is 4. The van der Waals surface area contributed by atoms with Crippen molar-refractivity contribution in [2.75, 3.05) is 0 Å². The molecule has 4 heterocycles. The normalized spacial score (nSPS) is 16.0. The number of imidazole rings is 1. The largest absolute Gasteiger partial charge is 0.378 e. The van der Waals surface area contributed by atoms with Crippen molar-refractivity contribution >= 4 is 16.8 Å². The number of aromatic nitrogens is 4. The zero-order valence-electron chi connectivity index (χ0n) is 19.8. The number of pyridine rings is 1. The molecule has 35 heavy (non-hydrogen) atoms. The van der Waals surface area contributed by atoms with E-state index in [4.69, 9.17) is 0 Å². The molecule has 4 aromatic rings. The summed E-state index contributed by atoms with van der Waals surface area (Å²) in [6.45, 7) is 5.24. The first-order valence-electron chi connectivity index (χ1n) is 11.5. The SMILES string of the molecule is Cc1cc(C#CC(C)(C)O)cc(C(=O)NC(c2cc3ccccc3[nH]2)c2ncn3c2C[C@@H](F)C3)n1. The van der Waals surface area contributed by atoms with Crippen molar-refractivity contribution in [1.29, 1.82) is 0 Å². The molecule has 3 N–H and O–H groups in total. The Labute approximate surface area is 202 Å². The summed E-state index contributed by atoms with van der Waals surface area (Å²) in [6, 6.07) is 12.5. The van der Waals surface area contributed by atoms with Crippen LogP contribution >= 0.6 is 0 Å². The lowest BCUT2D eigenvalue weighted by atomic mass is 10.1. The van der Waals surface area contributed by atoms with Gasteiger partial charge in [0.15, 0.2) is 0 Å². The highest BCUT2D eigenvalue weighted by Crippen LogP contribution is 2.30. The number of fused-ring (bicyclic) bond motifs is 2. The van der Waals surface area contributed by atoms with Crippen molar-refractivity contribution in [1.82, 2.24) is 24.8 Å². The lowest BCUT2D eigenvalue weighted by Gasteiger charge is -2.17. The molecule has 1 aliphatic heterocycles. The van der Waals surface area contributed by atoms with Gasteiger partial charge in [0.05, 0.1) is 18.6 Å². The van der Waals surface area contributed by atoms with E-state index in [-0.39, 0.29) is 18.7 Å². The molecule has 1 aliphatic rings. The van der Waals surface area contributed by atoms with Crippen LogP contribution in [0.2, 0.25) is 0 Å². The van der Waals surface area contributed by atoms with Crippen LogP contribution in [0.5, 0.6) is 0 Å². The molecule has 0 saturated heterocycles. The smallest absolute Gasteiger partial charge is 0.270 e. The number of aromatic amines is 1. The number of para-hydroxylation sites is 1. The van der Waals surface area contributed by atoms with E-state index < -0.39 is 23.7 Å². The maximum absolute atomic E-state index is 14.2. The summed E-state index contributed by atoms with van der Waals surface area (Å²) in [7, 11) is 0. The average Bonchev–Trinajstić information content (AvgIpc) is 3.49. The van der Waals surface area contributed by atoms with Gasteiger partial charge in [-0.3, -0.25) is 4.79 Å². The van der Waals surface area contributed by atoms with Crippen LogP contribution in [-0.4, -0.2) is 42.3 Å². The van der Waals surface area contributed by atoms with Gasteiger partial charge in [-0.1, -0.05) is 30.0 Å². The molecule has 0 spiro atoms. The third-order valence-corrected chi connectivity index (χ3v) is 5.90. The van der Waals surface area contributed by atoms with Crippen LogP contribution in [0.25, 0.3) is 10.9 Å². The number of rotatable bonds is 4. The maximum Gasteiger partial charge on any atom is 0.270 e. The number of alkyl halides is 1. The van der Waals surface area contributed by atoms with Crippen LogP contribution in [-0.2, 0) is 13.0 Å². The highest BCUT2D eigenvalue weighted by Gasteiger charge is 2.31. The fourth-order valence-electron chi connectivity index (χ4n) is 4.36. The van der Waals surface area contributed by atoms with Crippen molar-refractivity contribution in [3.63, 3.8) is 0 Å². The van der Waals surface area contributed by atoms with Gasteiger partial charge in [0.1, 0.15) is 23.5 Å². The minimum Gasteiger partial charge on any atom is -0.378 e. The van der Waals surface area contributed by atoms with E-state index in [9.17, 15) is 14.3 Å². The first-order chi connectivity index (χ1) is 16.7. The van der Waals surface area contributed by atoms with Crippen molar-refractivity contribution in [2.24, 2.45) is 0 Å². The molecule has 3 aromatic heterocycles. The average molecular weight is 472 g/mol. The van der Waals surface area contributed by atoms with Gasteiger partial charge in [-0.25, -0.2) is 14.4 Å². The van der Waals surface area contributed by atoms with Gasteiger partial charge in [0, 0.05) is 34.6 Å². The Bertz CT molecular complexity index is 1450. The number of aliphatic hydroxyl groups is 1. The van der Waals surface area contributed by atoms with Gasteiger partial charge in [-0.15, -0.1) is 0 Å². The molecule has 0 fully saturated rings. The molecule has 5 rings (SSSR count). The second-order valence-electron chi connectivity index (χ2n) is 9.44. The molecule has 0 aliphatic carbocycles. The van der Waals surface area contributed by atoms with Crippen LogP contribution in [0.15, 0.2) is 48.8 Å². The van der Waals surface area contributed by atoms with E-state index in [0.717, 1.165) is 22.3 Å². The molecule has 178 valence electrons. The van der Waals surface area contributed by atoms with Gasteiger partial charge < -0.3 is 20.0 Å². The molecule has 1 amide bonds. The Kier molecular flexibility index (Phi) is 5.65. The molecular weight excluding hydrogens is 445 g/mol. The molecule has 2 atom stereocenters. The van der Waals surface area contributed by atoms with Gasteiger partial charge in [-0.2, -0.15) is 0 Å². The van der Waals surface area contributed by atoms with Crippen molar-refractivity contribution in [2.45, 2.75) is 51.6 Å². The highest BCUT2D eigenvalue weighted by atomic mass is 19.1. The molecule has 0 bridgehead atoms. The van der Waals surface area contributed by atoms with Crippen LogP contribution in [0.1, 0.15) is 58.7 Å². The topological polar surface area (TPSA) is 95.8 Å². The summed E-state index contributed by atoms with van der Waals surface area (Å²) in [4.78, 5) is 25.7. The fraction of sp³-hybridized carbons (Fsp3) is 0.296. The summed E-state index contributed by atoms with van der Waals surface area (Å²) >= 11 is 0. The Morgan fingerprint density at radius 3 is 2.89 bits per heavy atom. The quantitative estimate of drug-likeness (QED) is 0.396. The zero-order valence-corrected chi connectivity index (χ0v) is 19.8. The lowest BCUT2D eigenvalue weighted by molar-refractivity contribution is 0.0936. The summed E-state index contributed by atoms with van der Waals surface area (Å²) in [6.07, 6.45) is 0.906. The Morgan fingerprint density at radius 2 is 2.11 bits per heavy atom.